The molecule has 0 radical (unpaired) electrons. The van der Waals surface area contributed by atoms with Crippen molar-refractivity contribution in [2.45, 2.75) is 52.5 Å². The van der Waals surface area contributed by atoms with Gasteiger partial charge in [0.2, 0.25) is 0 Å². The summed E-state index contributed by atoms with van der Waals surface area (Å²) < 4.78 is 15.6. The maximum atomic E-state index is 13.3. The Morgan fingerprint density at radius 2 is 1.93 bits per heavy atom. The zero-order chi connectivity index (χ0) is 20.8. The molecule has 1 aromatic heterocycles. The number of hydrogen-bond donors (Lipinski definition) is 1. The summed E-state index contributed by atoms with van der Waals surface area (Å²) in [5, 5.41) is 9.36. The minimum Gasteiger partial charge on any atom is -0.478 e. The van der Waals surface area contributed by atoms with E-state index in [-0.39, 0.29) is 16.8 Å². The minimum atomic E-state index is -0.950. The molecule has 1 aliphatic carbocycles. The molecule has 0 saturated heterocycles. The van der Waals surface area contributed by atoms with Gasteiger partial charge in [-0.05, 0) is 66.5 Å². The predicted octanol–water partition coefficient (Wildman–Crippen LogP) is 5.85. The van der Waals surface area contributed by atoms with Gasteiger partial charge in [-0.3, -0.25) is 0 Å². The van der Waals surface area contributed by atoms with Gasteiger partial charge in [-0.2, -0.15) is 0 Å². The first-order chi connectivity index (χ1) is 13.7. The number of nitrogens with zero attached hydrogens (tertiary/aromatic N) is 2. The van der Waals surface area contributed by atoms with Gasteiger partial charge in [0.1, 0.15) is 11.6 Å². The Hall–Kier alpha value is -2.69. The third kappa shape index (κ3) is 4.04. The lowest BCUT2D eigenvalue weighted by atomic mass is 9.70. The van der Waals surface area contributed by atoms with E-state index in [1.807, 2.05) is 6.07 Å². The van der Waals surface area contributed by atoms with Crippen molar-refractivity contribution < 1.29 is 14.3 Å². The van der Waals surface area contributed by atoms with E-state index < -0.39 is 5.97 Å². The highest BCUT2D eigenvalue weighted by atomic mass is 19.1. The summed E-state index contributed by atoms with van der Waals surface area (Å²) in [6.45, 7) is 6.93. The molecule has 4 rings (SSSR count). The lowest BCUT2D eigenvalue weighted by molar-refractivity contribution is 0.0697. The predicted molar refractivity (Wildman–Crippen MR) is 112 cm³/mol. The second-order valence-electron chi connectivity index (χ2n) is 9.28. The molecule has 1 aliphatic rings. The van der Waals surface area contributed by atoms with Crippen LogP contribution in [0.1, 0.15) is 67.8 Å². The fourth-order valence-corrected chi connectivity index (χ4v) is 5.09. The van der Waals surface area contributed by atoms with Gasteiger partial charge in [-0.25, -0.2) is 14.2 Å². The van der Waals surface area contributed by atoms with Gasteiger partial charge in [0, 0.05) is 12.5 Å². The van der Waals surface area contributed by atoms with E-state index in [1.54, 1.807) is 24.3 Å². The maximum absolute atomic E-state index is 13.3. The maximum Gasteiger partial charge on any atom is 0.335 e. The Labute approximate surface area is 170 Å². The molecule has 1 fully saturated rings. The summed E-state index contributed by atoms with van der Waals surface area (Å²) in [7, 11) is 0. The molecule has 1 unspecified atom stereocenters. The van der Waals surface area contributed by atoms with Crippen molar-refractivity contribution >= 4 is 17.0 Å². The third-order valence-electron chi connectivity index (χ3n) is 6.01. The molecular weight excluding hydrogens is 367 g/mol. The molecule has 2 aromatic carbocycles. The molecule has 1 heterocycles. The van der Waals surface area contributed by atoms with Crippen LogP contribution in [-0.4, -0.2) is 20.6 Å². The third-order valence-corrected chi connectivity index (χ3v) is 6.01. The number of carboxylic acids is 1. The number of halogens is 1. The van der Waals surface area contributed by atoms with Gasteiger partial charge >= 0.3 is 5.97 Å². The molecule has 0 amide bonds. The Kier molecular flexibility index (Phi) is 4.93. The lowest BCUT2D eigenvalue weighted by Gasteiger charge is -2.40. The number of carbonyl (C=O) groups is 1. The van der Waals surface area contributed by atoms with Crippen LogP contribution in [0.5, 0.6) is 0 Å². The second kappa shape index (κ2) is 7.29. The van der Waals surface area contributed by atoms with Crippen molar-refractivity contribution in [2.75, 3.05) is 0 Å². The first kappa shape index (κ1) is 19.6. The zero-order valence-electron chi connectivity index (χ0n) is 17.2. The molecule has 152 valence electrons. The van der Waals surface area contributed by atoms with Crippen molar-refractivity contribution in [3.05, 3.63) is 65.2 Å². The molecule has 2 atom stereocenters. The molecule has 0 aliphatic heterocycles. The fourth-order valence-electron chi connectivity index (χ4n) is 5.09. The summed E-state index contributed by atoms with van der Waals surface area (Å²) >= 11 is 0. The zero-order valence-corrected chi connectivity index (χ0v) is 17.2. The van der Waals surface area contributed by atoms with Crippen LogP contribution in [0.15, 0.2) is 42.5 Å². The number of rotatable bonds is 4. The van der Waals surface area contributed by atoms with Gasteiger partial charge < -0.3 is 9.67 Å². The number of aromatic carboxylic acids is 1. The molecule has 29 heavy (non-hydrogen) atoms. The Bertz CT molecular complexity index is 1050. The first-order valence-electron chi connectivity index (χ1n) is 10.2. The second-order valence-corrected chi connectivity index (χ2v) is 9.28. The van der Waals surface area contributed by atoms with Crippen molar-refractivity contribution in [3.63, 3.8) is 0 Å². The Morgan fingerprint density at radius 3 is 2.59 bits per heavy atom. The van der Waals surface area contributed by atoms with Crippen molar-refractivity contribution in [1.29, 1.82) is 0 Å². The standard InChI is InChI=1S/C24H27FN2O2/c1-15-10-19(14-24(2,3)13-15)27-21-9-6-17(23(28)29)12-20(21)26-22(27)11-16-4-7-18(25)8-5-16/h4-9,12,15,19H,10-11,13-14H2,1-3H3,(H,28,29)/t15-,19?/m0/s1. The molecule has 1 saturated carbocycles. The van der Waals surface area contributed by atoms with Crippen LogP contribution in [-0.2, 0) is 6.42 Å². The lowest BCUT2D eigenvalue weighted by Crippen LogP contribution is -2.30. The van der Waals surface area contributed by atoms with Gasteiger partial charge in [-0.15, -0.1) is 0 Å². The minimum absolute atomic E-state index is 0.243. The average Bonchev–Trinajstić information content (AvgIpc) is 2.98. The molecule has 5 heteroatoms. The van der Waals surface area contributed by atoms with E-state index in [0.717, 1.165) is 29.7 Å². The fraction of sp³-hybridized carbons (Fsp3) is 0.417. The largest absolute Gasteiger partial charge is 0.478 e. The van der Waals surface area contributed by atoms with E-state index in [0.29, 0.717) is 23.9 Å². The number of imidazole rings is 1. The summed E-state index contributed by atoms with van der Waals surface area (Å²) in [6, 6.07) is 12.0. The van der Waals surface area contributed by atoms with Gasteiger partial charge in [-0.1, -0.05) is 32.9 Å². The Balaban J connectivity index is 1.82. The van der Waals surface area contributed by atoms with Crippen molar-refractivity contribution in [1.82, 2.24) is 9.55 Å². The summed E-state index contributed by atoms with van der Waals surface area (Å²) in [5.41, 5.74) is 3.16. The van der Waals surface area contributed by atoms with Gasteiger partial charge in [0.15, 0.2) is 0 Å². The molecule has 4 nitrogen and oxygen atoms in total. The van der Waals surface area contributed by atoms with Crippen molar-refractivity contribution in [3.8, 4) is 0 Å². The van der Waals surface area contributed by atoms with Crippen molar-refractivity contribution in [2.24, 2.45) is 11.3 Å². The molecule has 0 bridgehead atoms. The van der Waals surface area contributed by atoms with E-state index in [4.69, 9.17) is 4.98 Å². The number of hydrogen-bond acceptors (Lipinski definition) is 2. The molecule has 0 spiro atoms. The highest BCUT2D eigenvalue weighted by Gasteiger charge is 2.34. The van der Waals surface area contributed by atoms with E-state index in [1.165, 1.54) is 18.6 Å². The SMILES string of the molecule is C[C@H]1CC(n2c(Cc3ccc(F)cc3)nc3cc(C(=O)O)ccc32)CC(C)(C)C1. The number of benzene rings is 2. The van der Waals surface area contributed by atoms with Crippen LogP contribution in [0.4, 0.5) is 4.39 Å². The van der Waals surface area contributed by atoms with Crippen LogP contribution in [0.3, 0.4) is 0 Å². The number of carboxylic acid groups (broad SMARTS) is 1. The molecule has 1 N–H and O–H groups in total. The highest BCUT2D eigenvalue weighted by Crippen LogP contribution is 2.45. The molecular formula is C24H27FN2O2. The monoisotopic (exact) mass is 394 g/mol. The number of fused-ring (bicyclic) bond motifs is 1. The van der Waals surface area contributed by atoms with Crippen LogP contribution >= 0.6 is 0 Å². The summed E-state index contributed by atoms with van der Waals surface area (Å²) in [5.74, 6) is 0.312. The van der Waals surface area contributed by atoms with E-state index in [2.05, 4.69) is 25.3 Å². The normalized spacial score (nSPS) is 21.4. The smallest absolute Gasteiger partial charge is 0.335 e. The van der Waals surface area contributed by atoms with Crippen LogP contribution < -0.4 is 0 Å². The van der Waals surface area contributed by atoms with Crippen LogP contribution in [0, 0.1) is 17.2 Å². The van der Waals surface area contributed by atoms with Crippen LogP contribution in [0.25, 0.3) is 11.0 Å². The van der Waals surface area contributed by atoms with E-state index >= 15 is 0 Å². The summed E-state index contributed by atoms with van der Waals surface area (Å²) in [6.07, 6.45) is 3.92. The first-order valence-corrected chi connectivity index (χ1v) is 10.2. The topological polar surface area (TPSA) is 55.1 Å². The average molecular weight is 394 g/mol. The highest BCUT2D eigenvalue weighted by molar-refractivity contribution is 5.92. The van der Waals surface area contributed by atoms with Gasteiger partial charge in [0.25, 0.3) is 0 Å². The Morgan fingerprint density at radius 1 is 1.21 bits per heavy atom. The quantitative estimate of drug-likeness (QED) is 0.604. The summed E-state index contributed by atoms with van der Waals surface area (Å²) in [4.78, 5) is 16.2. The van der Waals surface area contributed by atoms with Gasteiger partial charge in [0.05, 0.1) is 16.6 Å². The molecule has 3 aromatic rings. The van der Waals surface area contributed by atoms with Crippen LogP contribution in [0.2, 0.25) is 0 Å². The van der Waals surface area contributed by atoms with E-state index in [9.17, 15) is 14.3 Å². The number of aromatic nitrogens is 2.